The van der Waals surface area contributed by atoms with Gasteiger partial charge in [0.25, 0.3) is 0 Å². The Morgan fingerprint density at radius 1 is 1.47 bits per heavy atom. The summed E-state index contributed by atoms with van der Waals surface area (Å²) >= 11 is 1.69. The van der Waals surface area contributed by atoms with Crippen molar-refractivity contribution in [3.63, 3.8) is 0 Å². The van der Waals surface area contributed by atoms with Crippen LogP contribution in [0.2, 0.25) is 0 Å². The highest BCUT2D eigenvalue weighted by molar-refractivity contribution is 7.09. The summed E-state index contributed by atoms with van der Waals surface area (Å²) in [5, 5.41) is 3.20. The van der Waals surface area contributed by atoms with Gasteiger partial charge in [0.1, 0.15) is 10.6 Å². The Bertz CT molecular complexity index is 372. The normalized spacial score (nSPS) is 19.1. The molecule has 0 atom stereocenters. The van der Waals surface area contributed by atoms with Gasteiger partial charge in [-0.1, -0.05) is 13.8 Å². The maximum atomic E-state index is 6.31. The fraction of sp³-hybridized carbons (Fsp3) is 0.769. The summed E-state index contributed by atoms with van der Waals surface area (Å²) < 4.78 is 5.71. The highest BCUT2D eigenvalue weighted by Crippen LogP contribution is 2.41. The third kappa shape index (κ3) is 2.02. The lowest BCUT2D eigenvalue weighted by Gasteiger charge is -2.36. The highest BCUT2D eigenvalue weighted by atomic mass is 32.1. The van der Waals surface area contributed by atoms with E-state index in [0.29, 0.717) is 0 Å². The number of hydrogen-bond donors (Lipinski definition) is 1. The van der Waals surface area contributed by atoms with Gasteiger partial charge in [0.2, 0.25) is 0 Å². The van der Waals surface area contributed by atoms with E-state index in [4.69, 9.17) is 15.5 Å². The summed E-state index contributed by atoms with van der Waals surface area (Å²) in [6.45, 7) is 4.30. The maximum absolute atomic E-state index is 6.31. The number of nitrogens with zero attached hydrogens (tertiary/aromatic N) is 1. The van der Waals surface area contributed by atoms with E-state index in [1.54, 1.807) is 18.4 Å². The van der Waals surface area contributed by atoms with Crippen LogP contribution in [0.15, 0.2) is 5.38 Å². The minimum absolute atomic E-state index is 0.157. The summed E-state index contributed by atoms with van der Waals surface area (Å²) in [5.41, 5.74) is 6.99. The van der Waals surface area contributed by atoms with E-state index in [1.807, 2.05) is 0 Å². The van der Waals surface area contributed by atoms with Crippen molar-refractivity contribution in [2.45, 2.75) is 57.1 Å². The van der Waals surface area contributed by atoms with Gasteiger partial charge in [0.15, 0.2) is 0 Å². The molecule has 0 spiro atoms. The molecule has 1 aromatic rings. The highest BCUT2D eigenvalue weighted by Gasteiger charge is 2.39. The number of aromatic nitrogens is 1. The smallest absolute Gasteiger partial charge is 0.125 e. The van der Waals surface area contributed by atoms with E-state index in [2.05, 4.69) is 19.2 Å². The van der Waals surface area contributed by atoms with E-state index in [0.717, 1.165) is 36.4 Å². The van der Waals surface area contributed by atoms with Gasteiger partial charge in [-0.25, -0.2) is 4.98 Å². The molecule has 0 radical (unpaired) electrons. The molecule has 1 saturated carbocycles. The van der Waals surface area contributed by atoms with Crippen LogP contribution in [0.25, 0.3) is 0 Å². The van der Waals surface area contributed by atoms with E-state index < -0.39 is 0 Å². The van der Waals surface area contributed by atoms with Crippen molar-refractivity contribution in [3.8, 4) is 0 Å². The summed E-state index contributed by atoms with van der Waals surface area (Å²) in [6.07, 6.45) is 5.25. The Balaban J connectivity index is 2.28. The molecule has 0 aromatic carbocycles. The summed E-state index contributed by atoms with van der Waals surface area (Å²) in [5.74, 6) is 0. The van der Waals surface area contributed by atoms with Crippen molar-refractivity contribution < 1.29 is 4.74 Å². The van der Waals surface area contributed by atoms with Gasteiger partial charge in [-0.15, -0.1) is 11.3 Å². The SMILES string of the molecule is CCC(CC)(OC)c1nc(C2(N)CCC2)cs1. The van der Waals surface area contributed by atoms with Crippen LogP contribution in [0.1, 0.15) is 56.7 Å². The summed E-state index contributed by atoms with van der Waals surface area (Å²) in [6, 6.07) is 0. The first kappa shape index (κ1) is 13.0. The molecule has 2 N–H and O–H groups in total. The van der Waals surface area contributed by atoms with Crippen molar-refractivity contribution in [2.24, 2.45) is 5.73 Å². The molecule has 1 aliphatic carbocycles. The first-order chi connectivity index (χ1) is 8.10. The first-order valence-electron chi connectivity index (χ1n) is 6.41. The Hall–Kier alpha value is -0.450. The molecule has 1 aromatic heterocycles. The van der Waals surface area contributed by atoms with E-state index in [-0.39, 0.29) is 11.1 Å². The second-order valence-corrected chi connectivity index (χ2v) is 5.81. The van der Waals surface area contributed by atoms with Gasteiger partial charge in [0.05, 0.1) is 11.2 Å². The summed E-state index contributed by atoms with van der Waals surface area (Å²) in [4.78, 5) is 4.76. The second kappa shape index (κ2) is 4.67. The Morgan fingerprint density at radius 2 is 2.12 bits per heavy atom. The molecule has 4 heteroatoms. The molecule has 1 heterocycles. The van der Waals surface area contributed by atoms with E-state index >= 15 is 0 Å². The van der Waals surface area contributed by atoms with Crippen molar-refractivity contribution in [2.75, 3.05) is 7.11 Å². The van der Waals surface area contributed by atoms with Gasteiger partial charge in [-0.05, 0) is 32.1 Å². The van der Waals surface area contributed by atoms with E-state index in [9.17, 15) is 0 Å². The standard InChI is InChI=1S/C13H22N2OS/c1-4-13(5-2,16-3)11-15-10(9-17-11)12(14)7-6-8-12/h9H,4-8,14H2,1-3H3. The average molecular weight is 254 g/mol. The molecule has 1 fully saturated rings. The Labute approximate surface area is 107 Å². The van der Waals surface area contributed by atoms with Crippen LogP contribution in [0, 0.1) is 0 Å². The predicted molar refractivity (Wildman–Crippen MR) is 71.1 cm³/mol. The number of thiazole rings is 1. The Kier molecular flexibility index (Phi) is 3.57. The predicted octanol–water partition coefficient (Wildman–Crippen LogP) is 3.14. The maximum Gasteiger partial charge on any atom is 0.125 e. The Morgan fingerprint density at radius 3 is 2.53 bits per heavy atom. The lowest BCUT2D eigenvalue weighted by atomic mass is 9.76. The van der Waals surface area contributed by atoms with Gasteiger partial charge >= 0.3 is 0 Å². The molecular formula is C13H22N2OS. The zero-order chi connectivity index (χ0) is 12.5. The van der Waals surface area contributed by atoms with Gasteiger partial charge < -0.3 is 10.5 Å². The number of ether oxygens (including phenoxy) is 1. The zero-order valence-corrected chi connectivity index (χ0v) is 11.8. The van der Waals surface area contributed by atoms with Crippen LogP contribution in [-0.2, 0) is 15.9 Å². The molecule has 3 nitrogen and oxygen atoms in total. The number of methoxy groups -OCH3 is 1. The molecule has 17 heavy (non-hydrogen) atoms. The molecule has 0 amide bonds. The lowest BCUT2D eigenvalue weighted by Crippen LogP contribution is -2.43. The van der Waals surface area contributed by atoms with Crippen molar-refractivity contribution in [1.29, 1.82) is 0 Å². The molecule has 1 aliphatic rings. The molecule has 0 saturated heterocycles. The zero-order valence-electron chi connectivity index (χ0n) is 11.0. The minimum atomic E-state index is -0.219. The fourth-order valence-corrected chi connectivity index (χ4v) is 3.70. The molecule has 0 bridgehead atoms. The van der Waals surface area contributed by atoms with Crippen LogP contribution >= 0.6 is 11.3 Å². The van der Waals surface area contributed by atoms with Crippen molar-refractivity contribution >= 4 is 11.3 Å². The quantitative estimate of drug-likeness (QED) is 0.878. The first-order valence-corrected chi connectivity index (χ1v) is 7.28. The monoisotopic (exact) mass is 254 g/mol. The number of nitrogens with two attached hydrogens (primary N) is 1. The third-order valence-corrected chi connectivity index (χ3v) is 5.21. The minimum Gasteiger partial charge on any atom is -0.371 e. The fourth-order valence-electron chi connectivity index (χ4n) is 2.45. The van der Waals surface area contributed by atoms with Gasteiger partial charge in [-0.2, -0.15) is 0 Å². The molecule has 0 unspecified atom stereocenters. The average Bonchev–Trinajstić information content (AvgIpc) is 2.79. The largest absolute Gasteiger partial charge is 0.371 e. The van der Waals surface area contributed by atoms with Crippen LogP contribution in [-0.4, -0.2) is 12.1 Å². The van der Waals surface area contributed by atoms with Crippen LogP contribution in [0.3, 0.4) is 0 Å². The third-order valence-electron chi connectivity index (χ3n) is 4.18. The molecular weight excluding hydrogens is 232 g/mol. The lowest BCUT2D eigenvalue weighted by molar-refractivity contribution is -0.0221. The van der Waals surface area contributed by atoms with Gasteiger partial charge in [0, 0.05) is 12.5 Å². The van der Waals surface area contributed by atoms with Crippen LogP contribution in [0.5, 0.6) is 0 Å². The van der Waals surface area contributed by atoms with Crippen LogP contribution in [0.4, 0.5) is 0 Å². The molecule has 2 rings (SSSR count). The number of rotatable bonds is 5. The topological polar surface area (TPSA) is 48.1 Å². The molecule has 0 aliphatic heterocycles. The van der Waals surface area contributed by atoms with Crippen molar-refractivity contribution in [1.82, 2.24) is 4.98 Å². The molecule has 96 valence electrons. The summed E-state index contributed by atoms with van der Waals surface area (Å²) in [7, 11) is 1.77. The van der Waals surface area contributed by atoms with Crippen LogP contribution < -0.4 is 5.73 Å². The van der Waals surface area contributed by atoms with Crippen molar-refractivity contribution in [3.05, 3.63) is 16.1 Å². The number of hydrogen-bond acceptors (Lipinski definition) is 4. The second-order valence-electron chi connectivity index (χ2n) is 4.95. The van der Waals surface area contributed by atoms with Gasteiger partial charge in [-0.3, -0.25) is 0 Å². The van der Waals surface area contributed by atoms with E-state index in [1.165, 1.54) is 6.42 Å².